The van der Waals surface area contributed by atoms with Gasteiger partial charge in [-0.15, -0.1) is 10.2 Å². The lowest BCUT2D eigenvalue weighted by molar-refractivity contribution is 0.102. The summed E-state index contributed by atoms with van der Waals surface area (Å²) in [6.07, 6.45) is 1.66. The first kappa shape index (κ1) is 16.8. The monoisotopic (exact) mass is 362 g/mol. The molecule has 0 fully saturated rings. The van der Waals surface area contributed by atoms with E-state index in [0.717, 1.165) is 12.1 Å². The molecule has 0 radical (unpaired) electrons. The Balaban J connectivity index is 1.70. The zero-order chi connectivity index (χ0) is 19.0. The molecule has 27 heavy (non-hydrogen) atoms. The van der Waals surface area contributed by atoms with E-state index in [0.29, 0.717) is 28.1 Å². The summed E-state index contributed by atoms with van der Waals surface area (Å²) in [5.74, 6) is 0.428. The van der Waals surface area contributed by atoms with Crippen molar-refractivity contribution in [2.75, 3.05) is 5.32 Å². The summed E-state index contributed by atoms with van der Waals surface area (Å²) >= 11 is 0. The molecule has 4 aromatic rings. The van der Waals surface area contributed by atoms with Crippen LogP contribution < -0.4 is 11.0 Å². The summed E-state index contributed by atoms with van der Waals surface area (Å²) in [6.45, 7) is 2.73. The fourth-order valence-electron chi connectivity index (χ4n) is 3.04. The summed E-state index contributed by atoms with van der Waals surface area (Å²) < 4.78 is 3.39. The number of anilines is 1. The summed E-state index contributed by atoms with van der Waals surface area (Å²) in [5, 5.41) is 11.1. The van der Waals surface area contributed by atoms with E-state index in [1.54, 1.807) is 31.6 Å². The third-order valence-corrected chi connectivity index (χ3v) is 4.54. The van der Waals surface area contributed by atoms with Gasteiger partial charge in [0.25, 0.3) is 5.91 Å². The first-order valence-corrected chi connectivity index (χ1v) is 8.56. The Hall–Kier alpha value is -3.68. The zero-order valence-corrected chi connectivity index (χ0v) is 14.9. The van der Waals surface area contributed by atoms with Gasteiger partial charge in [0.15, 0.2) is 5.82 Å². The van der Waals surface area contributed by atoms with Crippen molar-refractivity contribution < 1.29 is 4.79 Å². The maximum absolute atomic E-state index is 12.8. The molecule has 8 nitrogen and oxygen atoms in total. The molecule has 0 aliphatic heterocycles. The molecule has 136 valence electrons. The van der Waals surface area contributed by atoms with Gasteiger partial charge in [0.2, 0.25) is 0 Å². The number of imidazole rings is 1. The van der Waals surface area contributed by atoms with Crippen LogP contribution in [0.15, 0.2) is 53.6 Å². The van der Waals surface area contributed by atoms with Gasteiger partial charge in [0, 0.05) is 24.7 Å². The predicted molar refractivity (Wildman–Crippen MR) is 103 cm³/mol. The van der Waals surface area contributed by atoms with Crippen LogP contribution in [0, 0.1) is 0 Å². The normalized spacial score (nSPS) is 11.0. The van der Waals surface area contributed by atoms with Gasteiger partial charge in [-0.05, 0) is 37.3 Å². The number of carbonyl (C=O) groups excluding carboxylic acids is 1. The van der Waals surface area contributed by atoms with Crippen molar-refractivity contribution in [3.63, 3.8) is 0 Å². The van der Waals surface area contributed by atoms with Gasteiger partial charge in [-0.25, -0.2) is 4.79 Å². The van der Waals surface area contributed by atoms with Crippen LogP contribution in [0.3, 0.4) is 0 Å². The lowest BCUT2D eigenvalue weighted by Crippen LogP contribution is -2.14. The molecule has 2 heterocycles. The Kier molecular flexibility index (Phi) is 4.08. The highest BCUT2D eigenvalue weighted by Crippen LogP contribution is 2.26. The van der Waals surface area contributed by atoms with E-state index in [4.69, 9.17) is 0 Å². The molecule has 2 aromatic heterocycles. The highest BCUT2D eigenvalue weighted by Gasteiger charge is 2.15. The molecule has 0 atom stereocenters. The van der Waals surface area contributed by atoms with Crippen molar-refractivity contribution in [1.29, 1.82) is 0 Å². The standard InChI is InChI=1S/C19H18N6O2/c1-3-25-11-20-23-17(25)13-6-4-5-7-14(13)21-18(26)12-8-9-15-16(10-12)24(2)19(27)22-15/h4-11H,3H2,1-2H3,(H,21,26)(H,22,27). The van der Waals surface area contributed by atoms with E-state index in [1.165, 1.54) is 4.57 Å². The maximum Gasteiger partial charge on any atom is 0.326 e. The fourth-order valence-corrected chi connectivity index (χ4v) is 3.04. The first-order valence-electron chi connectivity index (χ1n) is 8.56. The fraction of sp³-hybridized carbons (Fsp3) is 0.158. The number of benzene rings is 2. The number of nitrogens with one attached hydrogen (secondary N) is 2. The van der Waals surface area contributed by atoms with Crippen molar-refractivity contribution in [3.8, 4) is 11.4 Å². The maximum atomic E-state index is 12.8. The minimum Gasteiger partial charge on any atom is -0.321 e. The molecular weight excluding hydrogens is 344 g/mol. The van der Waals surface area contributed by atoms with Crippen molar-refractivity contribution in [2.24, 2.45) is 7.05 Å². The third-order valence-electron chi connectivity index (χ3n) is 4.54. The second kappa shape index (κ2) is 6.56. The van der Waals surface area contributed by atoms with Crippen LogP contribution in [0.25, 0.3) is 22.4 Å². The number of hydrogen-bond donors (Lipinski definition) is 2. The van der Waals surface area contributed by atoms with Crippen molar-refractivity contribution in [1.82, 2.24) is 24.3 Å². The van der Waals surface area contributed by atoms with E-state index in [9.17, 15) is 9.59 Å². The van der Waals surface area contributed by atoms with Gasteiger partial charge in [0.1, 0.15) is 6.33 Å². The Morgan fingerprint density at radius 2 is 2.04 bits per heavy atom. The van der Waals surface area contributed by atoms with Crippen LogP contribution in [0.1, 0.15) is 17.3 Å². The molecule has 0 aliphatic rings. The number of aryl methyl sites for hydroxylation is 2. The first-order chi connectivity index (χ1) is 13.1. The smallest absolute Gasteiger partial charge is 0.321 e. The summed E-state index contributed by atoms with van der Waals surface area (Å²) in [7, 11) is 1.66. The van der Waals surface area contributed by atoms with Crippen LogP contribution in [0.5, 0.6) is 0 Å². The van der Waals surface area contributed by atoms with Crippen LogP contribution >= 0.6 is 0 Å². The molecule has 0 aliphatic carbocycles. The molecule has 0 saturated heterocycles. The van der Waals surface area contributed by atoms with E-state index in [-0.39, 0.29) is 11.6 Å². The molecule has 4 rings (SSSR count). The molecular formula is C19H18N6O2. The van der Waals surface area contributed by atoms with Crippen molar-refractivity contribution >= 4 is 22.6 Å². The molecule has 0 bridgehead atoms. The number of rotatable bonds is 4. The minimum absolute atomic E-state index is 0.216. The van der Waals surface area contributed by atoms with Crippen LogP contribution in [-0.2, 0) is 13.6 Å². The SMILES string of the molecule is CCn1cnnc1-c1ccccc1NC(=O)c1ccc2[nH]c(=O)n(C)c2c1. The minimum atomic E-state index is -0.263. The number of H-pyrrole nitrogens is 1. The van der Waals surface area contributed by atoms with Crippen LogP contribution in [0.2, 0.25) is 0 Å². The van der Waals surface area contributed by atoms with E-state index < -0.39 is 0 Å². The van der Waals surface area contributed by atoms with Gasteiger partial charge in [-0.1, -0.05) is 12.1 Å². The number of hydrogen-bond acceptors (Lipinski definition) is 4. The van der Waals surface area contributed by atoms with Gasteiger partial charge in [-0.2, -0.15) is 0 Å². The number of carbonyl (C=O) groups is 1. The average molecular weight is 362 g/mol. The lowest BCUT2D eigenvalue weighted by Gasteiger charge is -2.11. The van der Waals surface area contributed by atoms with Gasteiger partial charge >= 0.3 is 5.69 Å². The molecule has 2 aromatic carbocycles. The Morgan fingerprint density at radius 1 is 1.22 bits per heavy atom. The van der Waals surface area contributed by atoms with Crippen LogP contribution in [0.4, 0.5) is 5.69 Å². The zero-order valence-electron chi connectivity index (χ0n) is 14.9. The number of para-hydroxylation sites is 1. The van der Waals surface area contributed by atoms with E-state index in [1.807, 2.05) is 35.8 Å². The topological polar surface area (TPSA) is 97.6 Å². The highest BCUT2D eigenvalue weighted by atomic mass is 16.2. The highest BCUT2D eigenvalue weighted by molar-refractivity contribution is 6.07. The Labute approximate surface area is 154 Å². The third kappa shape index (κ3) is 2.91. The molecule has 8 heteroatoms. The van der Waals surface area contributed by atoms with E-state index >= 15 is 0 Å². The number of aromatic nitrogens is 5. The van der Waals surface area contributed by atoms with Gasteiger partial charge < -0.3 is 14.9 Å². The number of aromatic amines is 1. The molecule has 0 spiro atoms. The molecule has 2 N–H and O–H groups in total. The quantitative estimate of drug-likeness (QED) is 0.582. The second-order valence-corrected chi connectivity index (χ2v) is 6.16. The number of amides is 1. The van der Waals surface area contributed by atoms with E-state index in [2.05, 4.69) is 20.5 Å². The Morgan fingerprint density at radius 3 is 2.85 bits per heavy atom. The molecule has 0 unspecified atom stereocenters. The predicted octanol–water partition coefficient (Wildman–Crippen LogP) is 2.40. The van der Waals surface area contributed by atoms with Gasteiger partial charge in [-0.3, -0.25) is 9.36 Å². The molecule has 0 saturated carbocycles. The van der Waals surface area contributed by atoms with Gasteiger partial charge in [0.05, 0.1) is 16.7 Å². The summed E-state index contributed by atoms with van der Waals surface area (Å²) in [5.41, 5.74) is 3.05. The number of nitrogens with zero attached hydrogens (tertiary/aromatic N) is 4. The summed E-state index contributed by atoms with van der Waals surface area (Å²) in [4.78, 5) is 27.3. The molecule has 1 amide bonds. The van der Waals surface area contributed by atoms with Crippen LogP contribution in [-0.4, -0.2) is 30.2 Å². The second-order valence-electron chi connectivity index (χ2n) is 6.16. The average Bonchev–Trinajstić information content (AvgIpc) is 3.26. The van der Waals surface area contributed by atoms with Crippen molar-refractivity contribution in [2.45, 2.75) is 13.5 Å². The van der Waals surface area contributed by atoms with Crippen molar-refractivity contribution in [3.05, 3.63) is 64.8 Å². The largest absolute Gasteiger partial charge is 0.326 e. The lowest BCUT2D eigenvalue weighted by atomic mass is 10.1. The number of fused-ring (bicyclic) bond motifs is 1. The summed E-state index contributed by atoms with van der Waals surface area (Å²) in [6, 6.07) is 12.6. The Bertz CT molecular complexity index is 1200.